The van der Waals surface area contributed by atoms with Crippen LogP contribution in [-0.4, -0.2) is 24.0 Å². The first-order chi connectivity index (χ1) is 12.0. The summed E-state index contributed by atoms with van der Waals surface area (Å²) in [6.45, 7) is 2.18. The van der Waals surface area contributed by atoms with Gasteiger partial charge in [0.1, 0.15) is 6.04 Å². The molecule has 1 atom stereocenters. The van der Waals surface area contributed by atoms with E-state index in [1.54, 1.807) is 6.26 Å². The van der Waals surface area contributed by atoms with Crippen molar-refractivity contribution in [2.45, 2.75) is 57.0 Å². The molecule has 6 nitrogen and oxygen atoms in total. The number of quaternary nitrogens is 1. The first-order valence-corrected chi connectivity index (χ1v) is 9.50. The molecule has 136 valence electrons. The highest BCUT2D eigenvalue weighted by molar-refractivity contribution is 5.95. The highest BCUT2D eigenvalue weighted by Gasteiger charge is 2.51. The highest BCUT2D eigenvalue weighted by Crippen LogP contribution is 2.55. The van der Waals surface area contributed by atoms with Gasteiger partial charge in [-0.2, -0.15) is 0 Å². The molecule has 4 bridgehead atoms. The Morgan fingerprint density at radius 2 is 1.88 bits per heavy atom. The van der Waals surface area contributed by atoms with Gasteiger partial charge in [-0.25, -0.2) is 4.79 Å². The zero-order valence-electron chi connectivity index (χ0n) is 14.8. The molecule has 4 fully saturated rings. The Hall–Kier alpha value is -1.82. The minimum atomic E-state index is -0.328. The minimum absolute atomic E-state index is 0.0481. The van der Waals surface area contributed by atoms with Gasteiger partial charge < -0.3 is 15.1 Å². The highest BCUT2D eigenvalue weighted by atomic mass is 16.3. The van der Waals surface area contributed by atoms with Crippen LogP contribution in [0.1, 0.15) is 57.3 Å². The fraction of sp³-hybridized carbons (Fsp3) is 0.684. The van der Waals surface area contributed by atoms with Crippen LogP contribution in [0.3, 0.4) is 0 Å². The number of imide groups is 1. The zero-order valence-corrected chi connectivity index (χ0v) is 14.8. The molecule has 0 saturated heterocycles. The van der Waals surface area contributed by atoms with E-state index < -0.39 is 0 Å². The molecule has 1 heterocycles. The second-order valence-electron chi connectivity index (χ2n) is 8.44. The normalized spacial score (nSPS) is 33.9. The number of carbonyl (C=O) groups is 2. The van der Waals surface area contributed by atoms with Crippen LogP contribution < -0.4 is 16.0 Å². The zero-order chi connectivity index (χ0) is 17.4. The molecular formula is C19H28N3O3+. The predicted molar refractivity (Wildman–Crippen MR) is 91.5 cm³/mol. The Morgan fingerprint density at radius 1 is 1.24 bits per heavy atom. The van der Waals surface area contributed by atoms with Gasteiger partial charge in [-0.3, -0.25) is 10.1 Å². The molecule has 0 spiro atoms. The number of nitrogens with one attached hydrogen (secondary N) is 2. The van der Waals surface area contributed by atoms with Crippen LogP contribution in [0.5, 0.6) is 0 Å². The molecule has 0 unspecified atom stereocenters. The summed E-state index contributed by atoms with van der Waals surface area (Å²) >= 11 is 0. The van der Waals surface area contributed by atoms with Gasteiger partial charge in [-0.15, -0.1) is 0 Å². The lowest BCUT2D eigenvalue weighted by Gasteiger charge is -2.56. The maximum absolute atomic E-state index is 12.3. The van der Waals surface area contributed by atoms with Crippen LogP contribution in [0.4, 0.5) is 4.79 Å². The van der Waals surface area contributed by atoms with E-state index in [-0.39, 0.29) is 30.1 Å². The summed E-state index contributed by atoms with van der Waals surface area (Å²) in [7, 11) is 0. The fourth-order valence-electron chi connectivity index (χ4n) is 5.66. The summed E-state index contributed by atoms with van der Waals surface area (Å²) in [5, 5.41) is 7.54. The molecule has 6 heteroatoms. The summed E-state index contributed by atoms with van der Waals surface area (Å²) in [6, 6.07) is 3.44. The van der Waals surface area contributed by atoms with Gasteiger partial charge in [-0.05, 0) is 75.3 Å². The van der Waals surface area contributed by atoms with Crippen LogP contribution in [-0.2, 0) is 4.79 Å². The molecule has 3 amide bonds. The third-order valence-electron chi connectivity index (χ3n) is 6.32. The Kier molecular flexibility index (Phi) is 4.31. The third-order valence-corrected chi connectivity index (χ3v) is 6.32. The van der Waals surface area contributed by atoms with Crippen LogP contribution in [0, 0.1) is 17.8 Å². The van der Waals surface area contributed by atoms with E-state index in [0.717, 1.165) is 42.8 Å². The van der Waals surface area contributed by atoms with Crippen LogP contribution in [0.15, 0.2) is 22.8 Å². The van der Waals surface area contributed by atoms with Gasteiger partial charge in [0.25, 0.3) is 5.91 Å². The first-order valence-electron chi connectivity index (χ1n) is 9.50. The molecule has 0 radical (unpaired) electrons. The maximum atomic E-state index is 12.3. The van der Waals surface area contributed by atoms with Crippen molar-refractivity contribution in [1.82, 2.24) is 10.6 Å². The molecule has 25 heavy (non-hydrogen) atoms. The topological polar surface area (TPSA) is 88.0 Å². The Balaban J connectivity index is 1.25. The van der Waals surface area contributed by atoms with E-state index in [1.165, 1.54) is 19.3 Å². The smallest absolute Gasteiger partial charge is 0.322 e. The predicted octanol–water partition coefficient (Wildman–Crippen LogP) is 1.70. The average molecular weight is 346 g/mol. The number of carbonyl (C=O) groups excluding carboxylic acids is 2. The number of urea groups is 1. The largest absolute Gasteiger partial charge is 0.463 e. The molecule has 4 N–H and O–H groups in total. The number of nitrogens with two attached hydrogens (primary N) is 1. The quantitative estimate of drug-likeness (QED) is 0.758. The minimum Gasteiger partial charge on any atom is -0.463 e. The van der Waals surface area contributed by atoms with E-state index in [4.69, 9.17) is 4.42 Å². The monoisotopic (exact) mass is 346 g/mol. The first kappa shape index (κ1) is 16.6. The van der Waals surface area contributed by atoms with Crippen LogP contribution in [0.25, 0.3) is 0 Å². The molecule has 5 rings (SSSR count). The lowest BCUT2D eigenvalue weighted by molar-refractivity contribution is -0.684. The lowest BCUT2D eigenvalue weighted by Crippen LogP contribution is -2.87. The summed E-state index contributed by atoms with van der Waals surface area (Å²) in [5.74, 6) is 2.87. The molecule has 4 saturated carbocycles. The van der Waals surface area contributed by atoms with Crippen molar-refractivity contribution in [2.24, 2.45) is 17.8 Å². The Morgan fingerprint density at radius 3 is 2.44 bits per heavy atom. The fourth-order valence-corrected chi connectivity index (χ4v) is 5.66. The van der Waals surface area contributed by atoms with Crippen molar-refractivity contribution < 1.29 is 19.3 Å². The van der Waals surface area contributed by atoms with Gasteiger partial charge >= 0.3 is 6.03 Å². The summed E-state index contributed by atoms with van der Waals surface area (Å²) < 4.78 is 5.33. The molecule has 0 aliphatic heterocycles. The number of amides is 3. The van der Waals surface area contributed by atoms with Gasteiger partial charge in [-0.1, -0.05) is 0 Å². The lowest BCUT2D eigenvalue weighted by atomic mass is 9.53. The van der Waals surface area contributed by atoms with Crippen molar-refractivity contribution in [1.29, 1.82) is 0 Å². The van der Waals surface area contributed by atoms with Crippen molar-refractivity contribution in [3.63, 3.8) is 0 Å². The molecule has 1 aromatic heterocycles. The number of furan rings is 1. The summed E-state index contributed by atoms with van der Waals surface area (Å²) in [6.07, 6.45) is 8.88. The molecule has 4 aliphatic carbocycles. The maximum Gasteiger partial charge on any atom is 0.322 e. The second-order valence-corrected chi connectivity index (χ2v) is 8.44. The Labute approximate surface area is 148 Å². The standard InChI is InChI=1S/C19H27N3O3/c1-12(16-3-2-4-25-16)20-11-17(23)21-18(24)22-19-8-13-5-14(9-19)7-15(6-13)10-19/h2-4,12-15,20H,5-11H2,1H3,(H2,21,22,23,24)/p+1/t12-,13?,14?,15?,19?/m1/s1. The van der Waals surface area contributed by atoms with E-state index in [0.29, 0.717) is 0 Å². The van der Waals surface area contributed by atoms with E-state index >= 15 is 0 Å². The summed E-state index contributed by atoms with van der Waals surface area (Å²) in [4.78, 5) is 24.4. The van der Waals surface area contributed by atoms with E-state index in [2.05, 4.69) is 10.6 Å². The molecule has 0 aromatic carbocycles. The molecule has 1 aromatic rings. The number of hydrogen-bond acceptors (Lipinski definition) is 3. The Bertz CT molecular complexity index is 605. The number of rotatable bonds is 5. The second kappa shape index (κ2) is 6.48. The third kappa shape index (κ3) is 3.59. The van der Waals surface area contributed by atoms with Crippen LogP contribution in [0.2, 0.25) is 0 Å². The number of hydrogen-bond donors (Lipinski definition) is 3. The van der Waals surface area contributed by atoms with Gasteiger partial charge in [0, 0.05) is 5.54 Å². The van der Waals surface area contributed by atoms with E-state index in [9.17, 15) is 9.59 Å². The van der Waals surface area contributed by atoms with Gasteiger partial charge in [0.05, 0.1) is 6.26 Å². The molecule has 4 aliphatic rings. The van der Waals surface area contributed by atoms with E-state index in [1.807, 2.05) is 24.4 Å². The van der Waals surface area contributed by atoms with Crippen molar-refractivity contribution in [2.75, 3.05) is 6.54 Å². The van der Waals surface area contributed by atoms with Crippen molar-refractivity contribution in [3.8, 4) is 0 Å². The van der Waals surface area contributed by atoms with Gasteiger partial charge in [0.2, 0.25) is 0 Å². The van der Waals surface area contributed by atoms with Gasteiger partial charge in [0.15, 0.2) is 12.3 Å². The average Bonchev–Trinajstić information content (AvgIpc) is 3.05. The SMILES string of the molecule is C[C@@H]([NH2+]CC(=O)NC(=O)NC12CC3CC(CC(C3)C1)C2)c1ccco1. The summed E-state index contributed by atoms with van der Waals surface area (Å²) in [5.41, 5.74) is -0.0652. The van der Waals surface area contributed by atoms with Crippen molar-refractivity contribution in [3.05, 3.63) is 24.2 Å². The van der Waals surface area contributed by atoms with Crippen LogP contribution >= 0.6 is 0 Å². The molecular weight excluding hydrogens is 318 g/mol. The van der Waals surface area contributed by atoms with Crippen molar-refractivity contribution >= 4 is 11.9 Å².